The molecule has 0 radical (unpaired) electrons. The van der Waals surface area contributed by atoms with Gasteiger partial charge in [0, 0.05) is 40.4 Å². The van der Waals surface area contributed by atoms with E-state index in [9.17, 15) is 4.79 Å². The first-order chi connectivity index (χ1) is 14.2. The lowest BCUT2D eigenvalue weighted by atomic mass is 10.0. The number of aryl methyl sites for hydroxylation is 1. The molecule has 7 heteroatoms. The number of aromatic amines is 1. The maximum absolute atomic E-state index is 12.7. The molecule has 0 spiro atoms. The molecule has 4 aromatic rings. The van der Waals surface area contributed by atoms with Gasteiger partial charge in [-0.3, -0.25) is 9.89 Å². The highest BCUT2D eigenvalue weighted by Crippen LogP contribution is 2.41. The number of hydrogen-bond donors (Lipinski definition) is 2. The molecule has 2 aromatic carbocycles. The Balaban J connectivity index is 1.50. The molecule has 0 unspecified atom stereocenters. The van der Waals surface area contributed by atoms with Crippen molar-refractivity contribution in [2.45, 2.75) is 19.9 Å². The first kappa shape index (κ1) is 17.4. The van der Waals surface area contributed by atoms with E-state index in [4.69, 9.17) is 13.9 Å². The molecule has 0 aliphatic carbocycles. The fraction of sp³-hybridized carbons (Fsp3) is 0.182. The molecule has 3 heterocycles. The van der Waals surface area contributed by atoms with E-state index >= 15 is 0 Å². The van der Waals surface area contributed by atoms with Gasteiger partial charge in [0.25, 0.3) is 0 Å². The molecular weight excluding hydrogens is 370 g/mol. The first-order valence-corrected chi connectivity index (χ1v) is 9.35. The summed E-state index contributed by atoms with van der Waals surface area (Å²) in [6.45, 7) is 2.53. The van der Waals surface area contributed by atoms with E-state index in [0.29, 0.717) is 29.4 Å². The number of rotatable bonds is 5. The van der Waals surface area contributed by atoms with Crippen LogP contribution in [0.1, 0.15) is 16.8 Å². The molecule has 1 amide bonds. The van der Waals surface area contributed by atoms with Crippen LogP contribution in [0.5, 0.6) is 11.5 Å². The maximum Gasteiger partial charge on any atom is 0.231 e. The van der Waals surface area contributed by atoms with Gasteiger partial charge in [0.1, 0.15) is 11.3 Å². The molecular formula is C22H19N3O4. The lowest BCUT2D eigenvalue weighted by molar-refractivity contribution is -0.120. The van der Waals surface area contributed by atoms with Crippen molar-refractivity contribution < 1.29 is 18.7 Å². The molecule has 1 aliphatic rings. The summed E-state index contributed by atoms with van der Waals surface area (Å²) < 4.78 is 17.1. The highest BCUT2D eigenvalue weighted by molar-refractivity contribution is 5.94. The van der Waals surface area contributed by atoms with Crippen molar-refractivity contribution in [2.24, 2.45) is 0 Å². The van der Waals surface area contributed by atoms with Crippen molar-refractivity contribution in [1.29, 1.82) is 0 Å². The van der Waals surface area contributed by atoms with E-state index < -0.39 is 0 Å². The smallest absolute Gasteiger partial charge is 0.231 e. The van der Waals surface area contributed by atoms with Gasteiger partial charge in [-0.05, 0) is 13.0 Å². The van der Waals surface area contributed by atoms with Gasteiger partial charge in [-0.2, -0.15) is 5.10 Å². The molecule has 0 atom stereocenters. The van der Waals surface area contributed by atoms with Crippen LogP contribution in [-0.4, -0.2) is 22.9 Å². The third kappa shape index (κ3) is 3.20. The summed E-state index contributed by atoms with van der Waals surface area (Å²) in [5, 5.41) is 10.7. The second-order valence-corrected chi connectivity index (χ2v) is 6.95. The largest absolute Gasteiger partial charge is 0.456 e. The average Bonchev–Trinajstić information content (AvgIpc) is 3.44. The molecule has 146 valence electrons. The van der Waals surface area contributed by atoms with Crippen LogP contribution >= 0.6 is 0 Å². The number of aromatic nitrogens is 2. The zero-order valence-electron chi connectivity index (χ0n) is 15.8. The summed E-state index contributed by atoms with van der Waals surface area (Å²) in [6.07, 6.45) is 1.91. The normalized spacial score (nSPS) is 12.4. The summed E-state index contributed by atoms with van der Waals surface area (Å²) in [4.78, 5) is 12.7. The standard InChI is InChI=1S/C22H19N3O4/c1-13-15(11-24-25-13)10-23-21(26)8-17-16-7-19-20(28-12-27-19)9-18(16)29-22(17)14-5-3-2-4-6-14/h2-7,9,11H,8,10,12H2,1H3,(H,23,26)(H,24,25). The lowest BCUT2D eigenvalue weighted by Crippen LogP contribution is -2.24. The highest BCUT2D eigenvalue weighted by atomic mass is 16.7. The quantitative estimate of drug-likeness (QED) is 0.543. The van der Waals surface area contributed by atoms with Crippen molar-refractivity contribution >= 4 is 16.9 Å². The summed E-state index contributed by atoms with van der Waals surface area (Å²) in [5.41, 5.74) is 4.31. The topological polar surface area (TPSA) is 89.4 Å². The Bertz CT molecular complexity index is 1190. The van der Waals surface area contributed by atoms with Crippen LogP contribution in [0.3, 0.4) is 0 Å². The molecule has 1 aliphatic heterocycles. The number of fused-ring (bicyclic) bond motifs is 2. The summed E-state index contributed by atoms with van der Waals surface area (Å²) in [6, 6.07) is 13.5. The van der Waals surface area contributed by atoms with Crippen LogP contribution in [0.15, 0.2) is 53.1 Å². The summed E-state index contributed by atoms with van der Waals surface area (Å²) >= 11 is 0. The minimum atomic E-state index is -0.0943. The number of nitrogens with one attached hydrogen (secondary N) is 2. The Morgan fingerprint density at radius 2 is 1.97 bits per heavy atom. The Morgan fingerprint density at radius 3 is 2.72 bits per heavy atom. The number of carbonyl (C=O) groups excluding carboxylic acids is 1. The van der Waals surface area contributed by atoms with Gasteiger partial charge < -0.3 is 19.2 Å². The molecule has 2 aromatic heterocycles. The lowest BCUT2D eigenvalue weighted by Gasteiger charge is -2.06. The maximum atomic E-state index is 12.7. The predicted molar refractivity (Wildman–Crippen MR) is 107 cm³/mol. The molecule has 0 saturated heterocycles. The second-order valence-electron chi connectivity index (χ2n) is 6.95. The van der Waals surface area contributed by atoms with E-state index in [1.54, 1.807) is 6.20 Å². The first-order valence-electron chi connectivity index (χ1n) is 9.35. The fourth-order valence-electron chi connectivity index (χ4n) is 3.51. The van der Waals surface area contributed by atoms with Gasteiger partial charge in [0.2, 0.25) is 12.7 Å². The Labute approximate surface area is 166 Å². The third-order valence-corrected chi connectivity index (χ3v) is 5.07. The molecule has 2 N–H and O–H groups in total. The number of H-pyrrole nitrogens is 1. The number of ether oxygens (including phenoxy) is 2. The van der Waals surface area contributed by atoms with Crippen LogP contribution < -0.4 is 14.8 Å². The monoisotopic (exact) mass is 389 g/mol. The number of nitrogens with zero attached hydrogens (tertiary/aromatic N) is 1. The molecule has 0 bridgehead atoms. The summed E-state index contributed by atoms with van der Waals surface area (Å²) in [5.74, 6) is 1.90. The zero-order chi connectivity index (χ0) is 19.8. The predicted octanol–water partition coefficient (Wildman–Crippen LogP) is 3.72. The highest BCUT2D eigenvalue weighted by Gasteiger charge is 2.23. The van der Waals surface area contributed by atoms with Gasteiger partial charge >= 0.3 is 0 Å². The van der Waals surface area contributed by atoms with Gasteiger partial charge in [0.05, 0.1) is 12.6 Å². The van der Waals surface area contributed by atoms with Gasteiger partial charge in [-0.15, -0.1) is 0 Å². The molecule has 5 rings (SSSR count). The van der Waals surface area contributed by atoms with Crippen LogP contribution in [0.4, 0.5) is 0 Å². The average molecular weight is 389 g/mol. The molecule has 0 fully saturated rings. The zero-order valence-corrected chi connectivity index (χ0v) is 15.8. The van der Waals surface area contributed by atoms with Crippen LogP contribution in [0, 0.1) is 6.92 Å². The number of hydrogen-bond acceptors (Lipinski definition) is 5. The van der Waals surface area contributed by atoms with Crippen molar-refractivity contribution in [3.8, 4) is 22.8 Å². The van der Waals surface area contributed by atoms with Crippen molar-refractivity contribution in [3.05, 3.63) is 65.5 Å². The van der Waals surface area contributed by atoms with Gasteiger partial charge in [0.15, 0.2) is 11.5 Å². The number of furan rings is 1. The fourth-order valence-corrected chi connectivity index (χ4v) is 3.51. The molecule has 0 saturated carbocycles. The Morgan fingerprint density at radius 1 is 1.17 bits per heavy atom. The van der Waals surface area contributed by atoms with E-state index in [0.717, 1.165) is 27.8 Å². The third-order valence-electron chi connectivity index (χ3n) is 5.07. The van der Waals surface area contributed by atoms with Crippen molar-refractivity contribution in [1.82, 2.24) is 15.5 Å². The minimum absolute atomic E-state index is 0.0943. The molecule has 7 nitrogen and oxygen atoms in total. The minimum Gasteiger partial charge on any atom is -0.456 e. The van der Waals surface area contributed by atoms with Crippen molar-refractivity contribution in [3.63, 3.8) is 0 Å². The number of benzene rings is 2. The SMILES string of the molecule is Cc1[nH]ncc1CNC(=O)Cc1c(-c2ccccc2)oc2cc3c(cc12)OCO3. The Kier molecular flexibility index (Phi) is 4.20. The Hall–Kier alpha value is -3.74. The molecule has 29 heavy (non-hydrogen) atoms. The van der Waals surface area contributed by atoms with Crippen molar-refractivity contribution in [2.75, 3.05) is 6.79 Å². The number of amides is 1. The van der Waals surface area contributed by atoms with E-state index in [2.05, 4.69) is 15.5 Å². The van der Waals surface area contributed by atoms with E-state index in [1.807, 2.05) is 49.4 Å². The van der Waals surface area contributed by atoms with Gasteiger partial charge in [-0.25, -0.2) is 0 Å². The summed E-state index contributed by atoms with van der Waals surface area (Å²) in [7, 11) is 0. The van der Waals surface area contributed by atoms with Crippen LogP contribution in [0.25, 0.3) is 22.3 Å². The van der Waals surface area contributed by atoms with Crippen LogP contribution in [0.2, 0.25) is 0 Å². The number of carbonyl (C=O) groups is 1. The van der Waals surface area contributed by atoms with E-state index in [1.165, 1.54) is 0 Å². The van der Waals surface area contributed by atoms with Crippen LogP contribution in [-0.2, 0) is 17.8 Å². The van der Waals surface area contributed by atoms with Gasteiger partial charge in [-0.1, -0.05) is 30.3 Å². The second kappa shape index (κ2) is 7.01. The van der Waals surface area contributed by atoms with E-state index in [-0.39, 0.29) is 19.1 Å².